The van der Waals surface area contributed by atoms with E-state index in [-0.39, 0.29) is 5.82 Å². The van der Waals surface area contributed by atoms with Crippen LogP contribution in [-0.2, 0) is 0 Å². The second-order valence-corrected chi connectivity index (χ2v) is 3.98. The Morgan fingerprint density at radius 2 is 1.89 bits per heavy atom. The van der Waals surface area contributed by atoms with E-state index in [1.165, 1.54) is 0 Å². The molecule has 2 aromatic heterocycles. The van der Waals surface area contributed by atoms with Crippen LogP contribution in [0.15, 0.2) is 47.8 Å². The van der Waals surface area contributed by atoms with Crippen LogP contribution < -0.4 is 0 Å². The highest BCUT2D eigenvalue weighted by atomic mass is 16.3. The maximum absolute atomic E-state index is 11.0. The van der Waals surface area contributed by atoms with Crippen molar-refractivity contribution in [1.82, 2.24) is 14.4 Å². The van der Waals surface area contributed by atoms with E-state index in [1.807, 2.05) is 43.3 Å². The number of aromatic nitrogens is 3. The number of benzene rings is 1. The van der Waals surface area contributed by atoms with Crippen molar-refractivity contribution >= 4 is 11.6 Å². The summed E-state index contributed by atoms with van der Waals surface area (Å²) in [5.74, 6) is 0.771. The summed E-state index contributed by atoms with van der Waals surface area (Å²) in [5.41, 5.74) is 2.27. The third kappa shape index (κ3) is 1.57. The Kier molecular flexibility index (Phi) is 2.37. The van der Waals surface area contributed by atoms with Crippen LogP contribution in [0.25, 0.3) is 17.0 Å². The molecule has 0 aliphatic rings. The molecule has 0 radical (unpaired) electrons. The van der Waals surface area contributed by atoms with Crippen molar-refractivity contribution in [1.29, 1.82) is 0 Å². The van der Waals surface area contributed by atoms with Crippen LogP contribution in [0.2, 0.25) is 0 Å². The lowest BCUT2D eigenvalue weighted by atomic mass is 10.1. The highest BCUT2D eigenvalue weighted by Gasteiger charge is 2.15. The fourth-order valence-electron chi connectivity index (χ4n) is 1.88. The summed E-state index contributed by atoms with van der Waals surface area (Å²) >= 11 is 0. The van der Waals surface area contributed by atoms with Gasteiger partial charge >= 0.3 is 0 Å². The van der Waals surface area contributed by atoms with Gasteiger partial charge in [-0.05, 0) is 18.2 Å². The Balaban J connectivity index is 2.33. The van der Waals surface area contributed by atoms with Crippen molar-refractivity contribution in [3.05, 3.63) is 53.2 Å². The van der Waals surface area contributed by atoms with Crippen molar-refractivity contribution in [2.75, 3.05) is 0 Å². The first-order chi connectivity index (χ1) is 8.79. The summed E-state index contributed by atoms with van der Waals surface area (Å²) in [6, 6.07) is 11.3. The lowest BCUT2D eigenvalue weighted by Gasteiger charge is -1.96. The molecule has 3 rings (SSSR count). The first kappa shape index (κ1) is 10.6. The van der Waals surface area contributed by atoms with Crippen LogP contribution in [0.1, 0.15) is 5.69 Å². The van der Waals surface area contributed by atoms with Gasteiger partial charge in [0.25, 0.3) is 0 Å². The molecule has 0 bridgehead atoms. The van der Waals surface area contributed by atoms with Gasteiger partial charge < -0.3 is 0 Å². The van der Waals surface area contributed by atoms with E-state index >= 15 is 0 Å². The molecule has 0 aliphatic heterocycles. The smallest absolute Gasteiger partial charge is 0.236 e. The molecule has 88 valence electrons. The summed E-state index contributed by atoms with van der Waals surface area (Å²) < 4.78 is 1.60. The Morgan fingerprint density at radius 1 is 1.11 bits per heavy atom. The number of aryl methyl sites for hydroxylation is 1. The van der Waals surface area contributed by atoms with Crippen LogP contribution >= 0.6 is 0 Å². The number of hydrogen-bond donors (Lipinski definition) is 0. The molecule has 18 heavy (non-hydrogen) atoms. The standard InChI is InChI=1S/C13H10N4O/c1-9-7-8-17-12(16-18)11(15-13(17)14-9)10-5-3-2-4-6-10/h2-8H,1H3. The molecule has 1 aromatic carbocycles. The quantitative estimate of drug-likeness (QED) is 0.644. The Labute approximate surface area is 103 Å². The lowest BCUT2D eigenvalue weighted by molar-refractivity contribution is 1.06. The molecule has 3 aromatic rings. The van der Waals surface area contributed by atoms with Crippen molar-refractivity contribution in [2.24, 2.45) is 5.18 Å². The third-order valence-corrected chi connectivity index (χ3v) is 2.74. The van der Waals surface area contributed by atoms with Crippen molar-refractivity contribution in [3.8, 4) is 11.3 Å². The van der Waals surface area contributed by atoms with Crippen LogP contribution in [0.4, 0.5) is 5.82 Å². The number of imidazole rings is 1. The summed E-state index contributed by atoms with van der Waals surface area (Å²) in [6.45, 7) is 1.88. The van der Waals surface area contributed by atoms with Gasteiger partial charge in [-0.1, -0.05) is 30.3 Å². The van der Waals surface area contributed by atoms with Gasteiger partial charge in [-0.2, -0.15) is 0 Å². The topological polar surface area (TPSA) is 59.6 Å². The molecule has 5 heteroatoms. The van der Waals surface area contributed by atoms with E-state index < -0.39 is 0 Å². The molecule has 0 saturated heterocycles. The molecular weight excluding hydrogens is 228 g/mol. The van der Waals surface area contributed by atoms with E-state index in [9.17, 15) is 4.91 Å². The number of nitroso groups, excluding NO2 is 1. The van der Waals surface area contributed by atoms with Gasteiger partial charge in [0.2, 0.25) is 11.6 Å². The fraction of sp³-hybridized carbons (Fsp3) is 0.0769. The Bertz CT molecular complexity index is 718. The first-order valence-electron chi connectivity index (χ1n) is 5.54. The monoisotopic (exact) mass is 238 g/mol. The number of hydrogen-bond acceptors (Lipinski definition) is 4. The summed E-state index contributed by atoms with van der Waals surface area (Å²) in [7, 11) is 0. The largest absolute Gasteiger partial charge is 0.265 e. The van der Waals surface area contributed by atoms with E-state index in [4.69, 9.17) is 0 Å². The number of rotatable bonds is 2. The summed E-state index contributed by atoms with van der Waals surface area (Å²) in [6.07, 6.45) is 1.76. The van der Waals surface area contributed by atoms with E-state index in [1.54, 1.807) is 10.6 Å². The second-order valence-electron chi connectivity index (χ2n) is 3.98. The average Bonchev–Trinajstić information content (AvgIpc) is 2.77. The average molecular weight is 238 g/mol. The maximum atomic E-state index is 11.0. The summed E-state index contributed by atoms with van der Waals surface area (Å²) in [5, 5.41) is 3.08. The van der Waals surface area contributed by atoms with Crippen molar-refractivity contribution in [2.45, 2.75) is 6.92 Å². The molecule has 0 atom stereocenters. The molecule has 2 heterocycles. The van der Waals surface area contributed by atoms with Gasteiger partial charge in [-0.3, -0.25) is 4.40 Å². The zero-order valence-electron chi connectivity index (χ0n) is 9.74. The van der Waals surface area contributed by atoms with E-state index in [0.717, 1.165) is 11.3 Å². The first-order valence-corrected chi connectivity index (χ1v) is 5.54. The van der Waals surface area contributed by atoms with Crippen LogP contribution in [0.5, 0.6) is 0 Å². The molecule has 5 nitrogen and oxygen atoms in total. The molecule has 0 saturated carbocycles. The molecule has 0 aliphatic carbocycles. The minimum Gasteiger partial charge on any atom is -0.265 e. The number of nitrogens with zero attached hydrogens (tertiary/aromatic N) is 4. The molecular formula is C13H10N4O. The van der Waals surface area contributed by atoms with Gasteiger partial charge in [0, 0.05) is 17.5 Å². The number of fused-ring (bicyclic) bond motifs is 1. The van der Waals surface area contributed by atoms with Gasteiger partial charge in [-0.15, -0.1) is 4.91 Å². The zero-order chi connectivity index (χ0) is 12.5. The molecule has 0 spiro atoms. The predicted octanol–water partition coefficient (Wildman–Crippen LogP) is 3.10. The summed E-state index contributed by atoms with van der Waals surface area (Å²) in [4.78, 5) is 19.7. The van der Waals surface area contributed by atoms with Crippen LogP contribution in [-0.4, -0.2) is 14.4 Å². The highest BCUT2D eigenvalue weighted by molar-refractivity contribution is 5.73. The Morgan fingerprint density at radius 3 is 2.61 bits per heavy atom. The zero-order valence-corrected chi connectivity index (χ0v) is 9.74. The highest BCUT2D eigenvalue weighted by Crippen LogP contribution is 2.29. The fourth-order valence-corrected chi connectivity index (χ4v) is 1.88. The van der Waals surface area contributed by atoms with Gasteiger partial charge in [0.05, 0.1) is 0 Å². The molecule has 0 amide bonds. The lowest BCUT2D eigenvalue weighted by Crippen LogP contribution is -1.89. The van der Waals surface area contributed by atoms with Gasteiger partial charge in [0.15, 0.2) is 0 Å². The van der Waals surface area contributed by atoms with Crippen molar-refractivity contribution < 1.29 is 0 Å². The predicted molar refractivity (Wildman–Crippen MR) is 68.6 cm³/mol. The maximum Gasteiger partial charge on any atom is 0.236 e. The third-order valence-electron chi connectivity index (χ3n) is 2.74. The van der Waals surface area contributed by atoms with Gasteiger partial charge in [0.1, 0.15) is 5.69 Å². The molecule has 0 fully saturated rings. The van der Waals surface area contributed by atoms with Crippen LogP contribution in [0, 0.1) is 11.8 Å². The van der Waals surface area contributed by atoms with Gasteiger partial charge in [-0.25, -0.2) is 9.97 Å². The second kappa shape index (κ2) is 4.03. The van der Waals surface area contributed by atoms with E-state index in [0.29, 0.717) is 11.5 Å². The van der Waals surface area contributed by atoms with Crippen LogP contribution in [0.3, 0.4) is 0 Å². The minimum absolute atomic E-state index is 0.281. The Hall–Kier alpha value is -2.56. The normalized spacial score (nSPS) is 10.7. The molecule has 0 unspecified atom stereocenters. The SMILES string of the molecule is Cc1ccn2c(N=O)c(-c3ccccc3)nc2n1. The minimum atomic E-state index is 0.281. The molecule has 0 N–H and O–H groups in total. The van der Waals surface area contributed by atoms with E-state index in [2.05, 4.69) is 15.1 Å². The van der Waals surface area contributed by atoms with Crippen molar-refractivity contribution in [3.63, 3.8) is 0 Å².